The molecule has 0 aromatic rings. The lowest BCUT2D eigenvalue weighted by molar-refractivity contribution is 0.0750. The van der Waals surface area contributed by atoms with Crippen molar-refractivity contribution < 1.29 is 0 Å². The van der Waals surface area contributed by atoms with Crippen LogP contribution < -0.4 is 5.32 Å². The molecule has 0 aromatic carbocycles. The van der Waals surface area contributed by atoms with E-state index in [9.17, 15) is 0 Å². The zero-order valence-electron chi connectivity index (χ0n) is 10.2. The second kappa shape index (κ2) is 5.72. The van der Waals surface area contributed by atoms with Gasteiger partial charge in [-0.15, -0.1) is 0 Å². The van der Waals surface area contributed by atoms with Crippen LogP contribution in [0.2, 0.25) is 0 Å². The van der Waals surface area contributed by atoms with Gasteiger partial charge in [0.15, 0.2) is 0 Å². The third kappa shape index (κ3) is 2.96. The van der Waals surface area contributed by atoms with Crippen LogP contribution in [0.1, 0.15) is 40.0 Å². The summed E-state index contributed by atoms with van der Waals surface area (Å²) in [6.45, 7) is 9.48. The SMILES string of the molecule is CCC(CNC)N1CC(C)CCC1C. The number of nitrogens with one attached hydrogen (secondary N) is 1. The van der Waals surface area contributed by atoms with Crippen molar-refractivity contribution in [3.05, 3.63) is 0 Å². The molecular weight excluding hydrogens is 172 g/mol. The van der Waals surface area contributed by atoms with Crippen molar-refractivity contribution >= 4 is 0 Å². The first-order valence-electron chi connectivity index (χ1n) is 6.09. The highest BCUT2D eigenvalue weighted by atomic mass is 15.2. The number of piperidine rings is 1. The molecule has 0 saturated carbocycles. The van der Waals surface area contributed by atoms with E-state index in [4.69, 9.17) is 0 Å². The first-order chi connectivity index (χ1) is 6.69. The predicted molar refractivity (Wildman–Crippen MR) is 62.6 cm³/mol. The summed E-state index contributed by atoms with van der Waals surface area (Å²) in [6, 6.07) is 1.52. The summed E-state index contributed by atoms with van der Waals surface area (Å²) in [5, 5.41) is 3.31. The second-order valence-corrected chi connectivity index (χ2v) is 4.85. The maximum absolute atomic E-state index is 3.31. The number of likely N-dealkylation sites (tertiary alicyclic amines) is 1. The van der Waals surface area contributed by atoms with E-state index in [0.717, 1.165) is 24.5 Å². The van der Waals surface area contributed by atoms with Crippen LogP contribution in [-0.4, -0.2) is 37.1 Å². The average Bonchev–Trinajstić information content (AvgIpc) is 2.18. The van der Waals surface area contributed by atoms with Crippen LogP contribution in [0.25, 0.3) is 0 Å². The molecule has 0 amide bonds. The summed E-state index contributed by atoms with van der Waals surface area (Å²) < 4.78 is 0. The lowest BCUT2D eigenvalue weighted by Crippen LogP contribution is -2.50. The van der Waals surface area contributed by atoms with Gasteiger partial charge in [0, 0.05) is 25.2 Å². The summed E-state index contributed by atoms with van der Waals surface area (Å²) in [5.74, 6) is 0.886. The number of hydrogen-bond donors (Lipinski definition) is 1. The summed E-state index contributed by atoms with van der Waals surface area (Å²) in [7, 11) is 2.06. The molecule has 1 rings (SSSR count). The average molecular weight is 198 g/mol. The lowest BCUT2D eigenvalue weighted by Gasteiger charge is -2.42. The Morgan fingerprint density at radius 3 is 2.64 bits per heavy atom. The molecule has 1 N–H and O–H groups in total. The minimum Gasteiger partial charge on any atom is -0.318 e. The van der Waals surface area contributed by atoms with E-state index in [1.807, 2.05) is 0 Å². The van der Waals surface area contributed by atoms with Gasteiger partial charge in [-0.05, 0) is 39.2 Å². The summed E-state index contributed by atoms with van der Waals surface area (Å²) in [6.07, 6.45) is 4.05. The molecule has 84 valence electrons. The number of nitrogens with zero attached hydrogens (tertiary/aromatic N) is 1. The van der Waals surface area contributed by atoms with E-state index < -0.39 is 0 Å². The summed E-state index contributed by atoms with van der Waals surface area (Å²) in [5.41, 5.74) is 0. The largest absolute Gasteiger partial charge is 0.318 e. The molecule has 0 aromatic heterocycles. The van der Waals surface area contributed by atoms with Crippen molar-refractivity contribution in [3.63, 3.8) is 0 Å². The van der Waals surface area contributed by atoms with Crippen molar-refractivity contribution in [2.45, 2.75) is 52.1 Å². The maximum Gasteiger partial charge on any atom is 0.0220 e. The molecule has 1 saturated heterocycles. The standard InChI is InChI=1S/C12H26N2/c1-5-12(8-13-4)14-9-10(2)6-7-11(14)3/h10-13H,5-9H2,1-4H3. The molecule has 1 aliphatic heterocycles. The molecule has 1 heterocycles. The van der Waals surface area contributed by atoms with Gasteiger partial charge in [-0.25, -0.2) is 0 Å². The molecule has 2 heteroatoms. The van der Waals surface area contributed by atoms with Crippen LogP contribution in [0.5, 0.6) is 0 Å². The van der Waals surface area contributed by atoms with E-state index >= 15 is 0 Å². The van der Waals surface area contributed by atoms with Gasteiger partial charge < -0.3 is 5.32 Å². The van der Waals surface area contributed by atoms with E-state index in [2.05, 4.69) is 38.0 Å². The molecule has 0 radical (unpaired) electrons. The van der Waals surface area contributed by atoms with E-state index in [1.165, 1.54) is 25.8 Å². The lowest BCUT2D eigenvalue weighted by atomic mass is 9.93. The van der Waals surface area contributed by atoms with Crippen LogP contribution in [-0.2, 0) is 0 Å². The van der Waals surface area contributed by atoms with E-state index in [1.54, 1.807) is 0 Å². The molecule has 3 atom stereocenters. The number of likely N-dealkylation sites (N-methyl/N-ethyl adjacent to an activating group) is 1. The zero-order chi connectivity index (χ0) is 10.6. The zero-order valence-corrected chi connectivity index (χ0v) is 10.2. The van der Waals surface area contributed by atoms with Crippen molar-refractivity contribution in [3.8, 4) is 0 Å². The number of hydrogen-bond acceptors (Lipinski definition) is 2. The highest BCUT2D eigenvalue weighted by Crippen LogP contribution is 2.24. The van der Waals surface area contributed by atoms with E-state index in [0.29, 0.717) is 0 Å². The Labute approximate surface area is 89.1 Å². The Hall–Kier alpha value is -0.0800. The van der Waals surface area contributed by atoms with Crippen LogP contribution in [0, 0.1) is 5.92 Å². The Kier molecular flexibility index (Phi) is 4.90. The van der Waals surface area contributed by atoms with Gasteiger partial charge >= 0.3 is 0 Å². The van der Waals surface area contributed by atoms with E-state index in [-0.39, 0.29) is 0 Å². The molecule has 1 fully saturated rings. The highest BCUT2D eigenvalue weighted by molar-refractivity contribution is 4.83. The molecule has 0 bridgehead atoms. The molecule has 2 nitrogen and oxygen atoms in total. The monoisotopic (exact) mass is 198 g/mol. The van der Waals surface area contributed by atoms with Crippen molar-refractivity contribution in [2.24, 2.45) is 5.92 Å². The topological polar surface area (TPSA) is 15.3 Å². The third-order valence-electron chi connectivity index (χ3n) is 3.55. The molecule has 0 aliphatic carbocycles. The minimum atomic E-state index is 0.734. The fourth-order valence-corrected chi connectivity index (χ4v) is 2.56. The molecule has 3 unspecified atom stereocenters. The van der Waals surface area contributed by atoms with Crippen LogP contribution in [0.3, 0.4) is 0 Å². The Morgan fingerprint density at radius 2 is 2.07 bits per heavy atom. The molecule has 14 heavy (non-hydrogen) atoms. The maximum atomic E-state index is 3.31. The van der Waals surface area contributed by atoms with Gasteiger partial charge in [-0.2, -0.15) is 0 Å². The summed E-state index contributed by atoms with van der Waals surface area (Å²) in [4.78, 5) is 2.70. The molecule has 0 spiro atoms. The van der Waals surface area contributed by atoms with Gasteiger partial charge in [0.2, 0.25) is 0 Å². The summed E-state index contributed by atoms with van der Waals surface area (Å²) >= 11 is 0. The second-order valence-electron chi connectivity index (χ2n) is 4.85. The Bertz CT molecular complexity index is 158. The Morgan fingerprint density at radius 1 is 1.36 bits per heavy atom. The van der Waals surface area contributed by atoms with Crippen molar-refractivity contribution in [1.29, 1.82) is 0 Å². The first-order valence-corrected chi connectivity index (χ1v) is 6.09. The smallest absolute Gasteiger partial charge is 0.0220 e. The van der Waals surface area contributed by atoms with Crippen LogP contribution >= 0.6 is 0 Å². The van der Waals surface area contributed by atoms with Crippen molar-refractivity contribution in [2.75, 3.05) is 20.1 Å². The van der Waals surface area contributed by atoms with Crippen LogP contribution in [0.4, 0.5) is 0 Å². The van der Waals surface area contributed by atoms with Gasteiger partial charge in [0.1, 0.15) is 0 Å². The fourth-order valence-electron chi connectivity index (χ4n) is 2.56. The minimum absolute atomic E-state index is 0.734. The molecular formula is C12H26N2. The predicted octanol–water partition coefficient (Wildman–Crippen LogP) is 2.10. The van der Waals surface area contributed by atoms with Crippen LogP contribution in [0.15, 0.2) is 0 Å². The van der Waals surface area contributed by atoms with Gasteiger partial charge in [0.05, 0.1) is 0 Å². The first kappa shape index (κ1) is 12.0. The van der Waals surface area contributed by atoms with Gasteiger partial charge in [0.25, 0.3) is 0 Å². The number of rotatable bonds is 4. The third-order valence-corrected chi connectivity index (χ3v) is 3.55. The van der Waals surface area contributed by atoms with Crippen molar-refractivity contribution in [1.82, 2.24) is 10.2 Å². The Balaban J connectivity index is 2.52. The van der Waals surface area contributed by atoms with Gasteiger partial charge in [-0.1, -0.05) is 13.8 Å². The quantitative estimate of drug-likeness (QED) is 0.744. The van der Waals surface area contributed by atoms with Gasteiger partial charge in [-0.3, -0.25) is 4.90 Å². The fraction of sp³-hybridized carbons (Fsp3) is 1.00. The normalized spacial score (nSPS) is 31.7. The molecule has 1 aliphatic rings. The highest BCUT2D eigenvalue weighted by Gasteiger charge is 2.27.